The maximum atomic E-state index is 13.3. The molecule has 0 aromatic heterocycles. The average molecular weight is 606 g/mol. The number of thioether (sulfide) groups is 1. The summed E-state index contributed by atoms with van der Waals surface area (Å²) < 4.78 is 5.42. The molecule has 0 aliphatic heterocycles. The van der Waals surface area contributed by atoms with Crippen molar-refractivity contribution in [3.63, 3.8) is 0 Å². The first kappa shape index (κ1) is 29.9. The Bertz CT molecular complexity index is 1540. The number of rotatable bonds is 11. The lowest BCUT2D eigenvalue weighted by Gasteiger charge is -2.13. The summed E-state index contributed by atoms with van der Waals surface area (Å²) in [6.45, 7) is 2.47. The third-order valence-corrected chi connectivity index (χ3v) is 7.46. The molecule has 0 fully saturated rings. The number of carbonyl (C=O) groups excluding carboxylic acids is 3. The van der Waals surface area contributed by atoms with Crippen LogP contribution in [0.1, 0.15) is 33.2 Å². The molecule has 0 spiro atoms. The second-order valence-corrected chi connectivity index (χ2v) is 10.5. The van der Waals surface area contributed by atoms with Gasteiger partial charge < -0.3 is 15.4 Å². The smallest absolute Gasteiger partial charge is 0.272 e. The Kier molecular flexibility index (Phi) is 10.6. The highest BCUT2D eigenvalue weighted by atomic mass is 35.5. The van der Waals surface area contributed by atoms with Crippen LogP contribution in [0.4, 0.5) is 5.69 Å². The Morgan fingerprint density at radius 2 is 1.46 bits per heavy atom. The SMILES string of the molecule is CCOc1ccc(C(=O)CSc2ccc(NC(=O)/C(=C/c3c(Cl)cccc3Cl)NC(=O)c3ccccc3)cc2)cc1. The molecule has 0 saturated carbocycles. The molecule has 2 amide bonds. The maximum absolute atomic E-state index is 13.3. The summed E-state index contributed by atoms with van der Waals surface area (Å²) in [5, 5.41) is 6.13. The van der Waals surface area contributed by atoms with Crippen molar-refractivity contribution >= 4 is 64.3 Å². The summed E-state index contributed by atoms with van der Waals surface area (Å²) in [7, 11) is 0. The molecular weight excluding hydrogens is 579 g/mol. The van der Waals surface area contributed by atoms with Crippen molar-refractivity contribution in [1.29, 1.82) is 0 Å². The minimum atomic E-state index is -0.559. The molecule has 0 aliphatic carbocycles. The van der Waals surface area contributed by atoms with E-state index in [1.54, 1.807) is 84.9 Å². The molecule has 208 valence electrons. The quantitative estimate of drug-likeness (QED) is 0.104. The molecule has 6 nitrogen and oxygen atoms in total. The average Bonchev–Trinajstić information content (AvgIpc) is 2.99. The molecule has 0 saturated heterocycles. The number of ketones is 1. The zero-order valence-corrected chi connectivity index (χ0v) is 24.4. The van der Waals surface area contributed by atoms with E-state index >= 15 is 0 Å². The van der Waals surface area contributed by atoms with E-state index in [4.69, 9.17) is 27.9 Å². The first-order valence-electron chi connectivity index (χ1n) is 12.7. The van der Waals surface area contributed by atoms with Gasteiger partial charge in [-0.2, -0.15) is 0 Å². The van der Waals surface area contributed by atoms with Gasteiger partial charge in [-0.15, -0.1) is 11.8 Å². The van der Waals surface area contributed by atoms with E-state index in [1.165, 1.54) is 17.8 Å². The number of nitrogens with one attached hydrogen (secondary N) is 2. The second-order valence-electron chi connectivity index (χ2n) is 8.66. The normalized spacial score (nSPS) is 11.0. The summed E-state index contributed by atoms with van der Waals surface area (Å²) in [4.78, 5) is 39.6. The third kappa shape index (κ3) is 8.47. The molecule has 0 atom stereocenters. The Morgan fingerprint density at radius 3 is 2.10 bits per heavy atom. The predicted molar refractivity (Wildman–Crippen MR) is 166 cm³/mol. The van der Waals surface area contributed by atoms with Gasteiger partial charge in [0.1, 0.15) is 11.4 Å². The van der Waals surface area contributed by atoms with E-state index in [0.29, 0.717) is 39.0 Å². The van der Waals surface area contributed by atoms with E-state index in [0.717, 1.165) is 10.6 Å². The number of benzene rings is 4. The third-order valence-electron chi connectivity index (χ3n) is 5.79. The molecule has 41 heavy (non-hydrogen) atoms. The second kappa shape index (κ2) is 14.6. The standard InChI is InChI=1S/C32H26Cl2N2O4S/c1-2-40-24-15-11-21(12-16-24)30(37)20-41-25-17-13-23(14-18-25)35-32(39)29(19-26-27(33)9-6-10-28(26)34)36-31(38)22-7-4-3-5-8-22/h3-19H,2,20H2,1H3,(H,35,39)(H,36,38)/b29-19-. The number of ether oxygens (including phenoxy) is 1. The molecule has 4 aromatic rings. The van der Waals surface area contributed by atoms with Crippen LogP contribution in [0.2, 0.25) is 10.0 Å². The molecule has 0 unspecified atom stereocenters. The van der Waals surface area contributed by atoms with Crippen LogP contribution in [0.3, 0.4) is 0 Å². The predicted octanol–water partition coefficient (Wildman–Crippen LogP) is 7.78. The summed E-state index contributed by atoms with van der Waals surface area (Å²) in [6, 6.07) is 27.7. The molecule has 0 radical (unpaired) electrons. The summed E-state index contributed by atoms with van der Waals surface area (Å²) in [6.07, 6.45) is 1.44. The lowest BCUT2D eigenvalue weighted by Crippen LogP contribution is -2.30. The van der Waals surface area contributed by atoms with E-state index in [9.17, 15) is 14.4 Å². The van der Waals surface area contributed by atoms with Gasteiger partial charge in [0.05, 0.1) is 12.4 Å². The fourth-order valence-corrected chi connectivity index (χ4v) is 5.00. The van der Waals surface area contributed by atoms with Gasteiger partial charge in [0.25, 0.3) is 11.8 Å². The number of hydrogen-bond acceptors (Lipinski definition) is 5. The summed E-state index contributed by atoms with van der Waals surface area (Å²) in [5.41, 5.74) is 1.87. The molecule has 0 bridgehead atoms. The molecule has 2 N–H and O–H groups in total. The maximum Gasteiger partial charge on any atom is 0.272 e. The number of carbonyl (C=O) groups is 3. The van der Waals surface area contributed by atoms with E-state index < -0.39 is 11.8 Å². The van der Waals surface area contributed by atoms with Crippen molar-refractivity contribution in [2.75, 3.05) is 17.7 Å². The van der Waals surface area contributed by atoms with Gasteiger partial charge in [0.15, 0.2) is 5.78 Å². The van der Waals surface area contributed by atoms with Gasteiger partial charge in [0.2, 0.25) is 0 Å². The van der Waals surface area contributed by atoms with Gasteiger partial charge in [-0.05, 0) is 85.8 Å². The Balaban J connectivity index is 1.44. The highest BCUT2D eigenvalue weighted by Crippen LogP contribution is 2.27. The van der Waals surface area contributed by atoms with Gasteiger partial charge in [-0.1, -0.05) is 47.5 Å². The van der Waals surface area contributed by atoms with Crippen molar-refractivity contribution < 1.29 is 19.1 Å². The van der Waals surface area contributed by atoms with Crippen LogP contribution in [0.15, 0.2) is 108 Å². The van der Waals surface area contributed by atoms with Crippen LogP contribution in [0.25, 0.3) is 6.08 Å². The molecule has 4 aromatic carbocycles. The van der Waals surface area contributed by atoms with Crippen molar-refractivity contribution in [3.05, 3.63) is 129 Å². The van der Waals surface area contributed by atoms with Gasteiger partial charge in [0, 0.05) is 37.3 Å². The Labute approximate surface area is 252 Å². The minimum absolute atomic E-state index is 0.00222. The van der Waals surface area contributed by atoms with Gasteiger partial charge in [-0.25, -0.2) is 0 Å². The topological polar surface area (TPSA) is 84.5 Å². The monoisotopic (exact) mass is 604 g/mol. The fraction of sp³-hybridized carbons (Fsp3) is 0.0938. The van der Waals surface area contributed by atoms with Gasteiger partial charge in [-0.3, -0.25) is 14.4 Å². The van der Waals surface area contributed by atoms with Crippen molar-refractivity contribution in [2.45, 2.75) is 11.8 Å². The zero-order valence-electron chi connectivity index (χ0n) is 22.0. The number of Topliss-reactive ketones (excluding diaryl/α,β-unsaturated/α-hetero) is 1. The first-order valence-corrected chi connectivity index (χ1v) is 14.4. The zero-order chi connectivity index (χ0) is 29.2. The Morgan fingerprint density at radius 1 is 0.805 bits per heavy atom. The van der Waals surface area contributed by atoms with E-state index in [2.05, 4.69) is 10.6 Å². The summed E-state index contributed by atoms with van der Waals surface area (Å²) >= 11 is 14.0. The van der Waals surface area contributed by atoms with Crippen LogP contribution >= 0.6 is 35.0 Å². The van der Waals surface area contributed by atoms with E-state index in [-0.39, 0.29) is 17.2 Å². The van der Waals surface area contributed by atoms with Crippen LogP contribution in [-0.2, 0) is 4.79 Å². The number of halogens is 2. The van der Waals surface area contributed by atoms with Crippen LogP contribution in [0.5, 0.6) is 5.75 Å². The number of amides is 2. The number of anilines is 1. The van der Waals surface area contributed by atoms with Crippen molar-refractivity contribution in [2.24, 2.45) is 0 Å². The fourth-order valence-electron chi connectivity index (χ4n) is 3.70. The van der Waals surface area contributed by atoms with Crippen LogP contribution < -0.4 is 15.4 Å². The lowest BCUT2D eigenvalue weighted by atomic mass is 10.1. The molecule has 0 heterocycles. The molecule has 4 rings (SSSR count). The lowest BCUT2D eigenvalue weighted by molar-refractivity contribution is -0.113. The largest absolute Gasteiger partial charge is 0.494 e. The molecule has 9 heteroatoms. The van der Waals surface area contributed by atoms with Crippen LogP contribution in [-0.4, -0.2) is 30.0 Å². The highest BCUT2D eigenvalue weighted by Gasteiger charge is 2.17. The van der Waals surface area contributed by atoms with Crippen LogP contribution in [0, 0.1) is 0 Å². The number of hydrogen-bond donors (Lipinski definition) is 2. The van der Waals surface area contributed by atoms with Crippen molar-refractivity contribution in [1.82, 2.24) is 5.32 Å². The Hall–Kier alpha value is -4.04. The summed E-state index contributed by atoms with van der Waals surface area (Å²) in [5.74, 6) is -0.0357. The van der Waals surface area contributed by atoms with E-state index in [1.807, 2.05) is 19.1 Å². The van der Waals surface area contributed by atoms with Gasteiger partial charge >= 0.3 is 0 Å². The first-order chi connectivity index (χ1) is 19.8. The minimum Gasteiger partial charge on any atom is -0.494 e. The molecular formula is C32H26Cl2N2O4S. The highest BCUT2D eigenvalue weighted by molar-refractivity contribution is 8.00. The van der Waals surface area contributed by atoms with Crippen molar-refractivity contribution in [3.8, 4) is 5.75 Å². The molecule has 0 aliphatic rings.